The van der Waals surface area contributed by atoms with Crippen LogP contribution in [-0.2, 0) is 41.5 Å². The van der Waals surface area contributed by atoms with Crippen LogP contribution < -0.4 is 21.3 Å². The van der Waals surface area contributed by atoms with Gasteiger partial charge in [-0.2, -0.15) is 0 Å². The lowest BCUT2D eigenvalue weighted by atomic mass is 10.0. The first-order valence-corrected chi connectivity index (χ1v) is 16.0. The molecule has 0 radical (unpaired) electrons. The molecule has 6 N–H and O–H groups in total. The molecule has 0 heterocycles. The number of aliphatic hydroxyl groups excluding tert-OH is 1. The molecule has 0 spiro atoms. The molecule has 0 saturated heterocycles. The molecule has 13 heteroatoms. The zero-order valence-corrected chi connectivity index (χ0v) is 28.6. The lowest BCUT2D eigenvalue weighted by Crippen LogP contribution is -2.53. The molecule has 0 bridgehead atoms. The second-order valence-corrected chi connectivity index (χ2v) is 13.0. The van der Waals surface area contributed by atoms with Crippen LogP contribution in [0.1, 0.15) is 65.0 Å². The highest BCUT2D eigenvalue weighted by molar-refractivity contribution is 5.91. The average Bonchev–Trinajstić information content (AvgIpc) is 3.01. The Kier molecular flexibility index (Phi) is 15.8. The van der Waals surface area contributed by atoms with E-state index in [2.05, 4.69) is 21.3 Å². The van der Waals surface area contributed by atoms with Gasteiger partial charge < -0.3 is 41.0 Å². The van der Waals surface area contributed by atoms with Crippen molar-refractivity contribution < 1.29 is 43.7 Å². The second kappa shape index (κ2) is 19.2. The highest BCUT2D eigenvalue weighted by Crippen LogP contribution is 2.13. The first-order chi connectivity index (χ1) is 22.6. The van der Waals surface area contributed by atoms with E-state index in [9.17, 15) is 34.2 Å². The average molecular weight is 671 g/mol. The molecule has 2 aromatic carbocycles. The third-order valence-electron chi connectivity index (χ3n) is 7.04. The Hall–Kier alpha value is -4.65. The largest absolute Gasteiger partial charge is 0.508 e. The van der Waals surface area contributed by atoms with Crippen molar-refractivity contribution in [3.8, 4) is 5.75 Å². The van der Waals surface area contributed by atoms with Crippen molar-refractivity contribution in [3.63, 3.8) is 0 Å². The van der Waals surface area contributed by atoms with Crippen molar-refractivity contribution in [2.24, 2.45) is 5.92 Å². The number of esters is 1. The standard InChI is InChI=1S/C35H50N4O9/c1-22(2)18-29(33(45)47-6)38-32(44)28(19-23-10-8-7-9-11-23)37-30(42)17-16-26(41)21-36-31(43)27(39-34(46)48-35(3,4)5)20-24-12-14-25(40)15-13-24/h7-15,22,26-29,40-41H,16-21H2,1-6H3,(H,36,43)(H,37,42)(H,38,44)(H,39,46)/t26-,27+,28+,29+/m1/s1. The maximum absolute atomic E-state index is 13.3. The zero-order valence-electron chi connectivity index (χ0n) is 28.6. The van der Waals surface area contributed by atoms with Crippen LogP contribution in [0.5, 0.6) is 5.75 Å². The number of hydrogen-bond donors (Lipinski definition) is 6. The molecule has 0 aromatic heterocycles. The molecule has 13 nitrogen and oxygen atoms in total. The van der Waals surface area contributed by atoms with Gasteiger partial charge in [-0.25, -0.2) is 9.59 Å². The maximum atomic E-state index is 13.3. The fraction of sp³-hybridized carbons (Fsp3) is 0.514. The third kappa shape index (κ3) is 15.3. The normalized spacial score (nSPS) is 13.8. The van der Waals surface area contributed by atoms with Crippen molar-refractivity contribution in [3.05, 3.63) is 65.7 Å². The van der Waals surface area contributed by atoms with Crippen LogP contribution in [0.15, 0.2) is 54.6 Å². The molecule has 0 aliphatic carbocycles. The first kappa shape index (κ1) is 39.5. The van der Waals surface area contributed by atoms with E-state index in [0.717, 1.165) is 5.56 Å². The summed E-state index contributed by atoms with van der Waals surface area (Å²) in [5.41, 5.74) is 0.664. The highest BCUT2D eigenvalue weighted by atomic mass is 16.6. The number of aromatic hydroxyl groups is 1. The van der Waals surface area contributed by atoms with Gasteiger partial charge in [-0.15, -0.1) is 0 Å². The van der Waals surface area contributed by atoms with Gasteiger partial charge >= 0.3 is 12.1 Å². The van der Waals surface area contributed by atoms with Crippen molar-refractivity contribution in [1.82, 2.24) is 21.3 Å². The van der Waals surface area contributed by atoms with Gasteiger partial charge in [-0.1, -0.05) is 56.3 Å². The summed E-state index contributed by atoms with van der Waals surface area (Å²) in [5.74, 6) is -2.08. The van der Waals surface area contributed by atoms with Gasteiger partial charge in [0.2, 0.25) is 17.7 Å². The van der Waals surface area contributed by atoms with E-state index in [1.807, 2.05) is 44.2 Å². The molecule has 0 aliphatic heterocycles. The van der Waals surface area contributed by atoms with Crippen molar-refractivity contribution in [2.75, 3.05) is 13.7 Å². The van der Waals surface area contributed by atoms with Gasteiger partial charge in [0.1, 0.15) is 29.5 Å². The number of amides is 4. The summed E-state index contributed by atoms with van der Waals surface area (Å²) in [6.45, 7) is 8.68. The van der Waals surface area contributed by atoms with Crippen molar-refractivity contribution in [1.29, 1.82) is 0 Å². The minimum atomic E-state index is -1.12. The summed E-state index contributed by atoms with van der Waals surface area (Å²) in [4.78, 5) is 64.1. The maximum Gasteiger partial charge on any atom is 0.408 e. The lowest BCUT2D eigenvalue weighted by Gasteiger charge is -2.24. The highest BCUT2D eigenvalue weighted by Gasteiger charge is 2.29. The topological polar surface area (TPSA) is 192 Å². The molecule has 0 fully saturated rings. The number of rotatable bonds is 17. The van der Waals surface area contributed by atoms with Gasteiger partial charge in [0.05, 0.1) is 13.2 Å². The van der Waals surface area contributed by atoms with E-state index in [1.165, 1.54) is 19.2 Å². The number of hydrogen-bond acceptors (Lipinski definition) is 9. The minimum absolute atomic E-state index is 0.0357. The van der Waals surface area contributed by atoms with Gasteiger partial charge in [-0.3, -0.25) is 14.4 Å². The van der Waals surface area contributed by atoms with E-state index in [-0.39, 0.29) is 43.9 Å². The fourth-order valence-electron chi connectivity index (χ4n) is 4.69. The molecule has 0 saturated carbocycles. The Morgan fingerprint density at radius 3 is 1.94 bits per heavy atom. The molecule has 0 aliphatic rings. The van der Waals surface area contributed by atoms with Crippen molar-refractivity contribution >= 4 is 29.8 Å². The SMILES string of the molecule is COC(=O)[C@H](CC(C)C)NC(=O)[C@H](Cc1ccccc1)NC(=O)CC[C@@H](O)CNC(=O)[C@H](Cc1ccc(O)cc1)NC(=O)OC(C)(C)C. The van der Waals surface area contributed by atoms with Gasteiger partial charge in [-0.05, 0) is 62.8 Å². The number of benzene rings is 2. The van der Waals surface area contributed by atoms with Gasteiger partial charge in [0.25, 0.3) is 0 Å². The van der Waals surface area contributed by atoms with E-state index < -0.39 is 59.6 Å². The van der Waals surface area contributed by atoms with Crippen LogP contribution in [-0.4, -0.2) is 83.5 Å². The van der Waals surface area contributed by atoms with Crippen LogP contribution in [0.2, 0.25) is 0 Å². The Labute approximate surface area is 282 Å². The van der Waals surface area contributed by atoms with Crippen LogP contribution in [0.25, 0.3) is 0 Å². The van der Waals surface area contributed by atoms with E-state index >= 15 is 0 Å². The molecule has 4 amide bonds. The van der Waals surface area contributed by atoms with E-state index in [0.29, 0.717) is 12.0 Å². The Morgan fingerprint density at radius 1 is 0.792 bits per heavy atom. The van der Waals surface area contributed by atoms with E-state index in [1.54, 1.807) is 32.9 Å². The number of nitrogens with one attached hydrogen (secondary N) is 4. The lowest BCUT2D eigenvalue weighted by molar-refractivity contribution is -0.145. The summed E-state index contributed by atoms with van der Waals surface area (Å²) in [5, 5.41) is 30.7. The molecule has 48 heavy (non-hydrogen) atoms. The number of ether oxygens (including phenoxy) is 2. The molecular weight excluding hydrogens is 620 g/mol. The number of carbonyl (C=O) groups excluding carboxylic acids is 5. The summed E-state index contributed by atoms with van der Waals surface area (Å²) < 4.78 is 10.1. The summed E-state index contributed by atoms with van der Waals surface area (Å²) in [7, 11) is 1.24. The molecular formula is C35H50N4O9. The van der Waals surface area contributed by atoms with Gasteiger partial charge in [0.15, 0.2) is 0 Å². The summed E-state index contributed by atoms with van der Waals surface area (Å²) in [6.07, 6.45) is -1.50. The predicted molar refractivity (Wildman–Crippen MR) is 179 cm³/mol. The quantitative estimate of drug-likeness (QED) is 0.137. The summed E-state index contributed by atoms with van der Waals surface area (Å²) >= 11 is 0. The Bertz CT molecular complexity index is 1340. The molecule has 2 aromatic rings. The van der Waals surface area contributed by atoms with Crippen LogP contribution in [0, 0.1) is 5.92 Å². The molecule has 2 rings (SSSR count). The minimum Gasteiger partial charge on any atom is -0.508 e. The van der Waals surface area contributed by atoms with Crippen LogP contribution in [0.4, 0.5) is 4.79 Å². The van der Waals surface area contributed by atoms with Gasteiger partial charge in [0, 0.05) is 25.8 Å². The molecule has 0 unspecified atom stereocenters. The monoisotopic (exact) mass is 670 g/mol. The third-order valence-corrected chi connectivity index (χ3v) is 7.04. The molecule has 4 atom stereocenters. The predicted octanol–water partition coefficient (Wildman–Crippen LogP) is 2.52. The summed E-state index contributed by atoms with van der Waals surface area (Å²) in [6, 6.07) is 12.3. The Morgan fingerprint density at radius 2 is 1.38 bits per heavy atom. The number of phenols is 1. The second-order valence-electron chi connectivity index (χ2n) is 13.0. The first-order valence-electron chi connectivity index (χ1n) is 16.0. The smallest absolute Gasteiger partial charge is 0.408 e. The van der Waals surface area contributed by atoms with Crippen LogP contribution in [0.3, 0.4) is 0 Å². The fourth-order valence-corrected chi connectivity index (χ4v) is 4.69. The zero-order chi connectivity index (χ0) is 35.9. The number of alkyl carbamates (subject to hydrolysis) is 1. The number of carbonyl (C=O) groups is 5. The number of phenolic OH excluding ortho intramolecular Hbond substituents is 1. The van der Waals surface area contributed by atoms with Crippen LogP contribution >= 0.6 is 0 Å². The molecule has 264 valence electrons. The number of aliphatic hydroxyl groups is 1. The van der Waals surface area contributed by atoms with Crippen molar-refractivity contribution in [2.45, 2.75) is 96.6 Å². The number of methoxy groups -OCH3 is 1. The van der Waals surface area contributed by atoms with E-state index in [4.69, 9.17) is 9.47 Å². The Balaban J connectivity index is 2.01.